The van der Waals surface area contributed by atoms with E-state index in [1.807, 2.05) is 54.6 Å². The first-order valence-electron chi connectivity index (χ1n) is 18.2. The van der Waals surface area contributed by atoms with Crippen LogP contribution >= 0.6 is 0 Å². The number of amides is 1. The number of phenolic OH excluding ortho intramolecular Hbond substituents is 1. The molecular formula is C42H46N4O6. The highest BCUT2D eigenvalue weighted by Crippen LogP contribution is 2.39. The van der Waals surface area contributed by atoms with Gasteiger partial charge < -0.3 is 35.3 Å². The maximum absolute atomic E-state index is 12.9. The van der Waals surface area contributed by atoms with Crippen molar-refractivity contribution >= 4 is 22.7 Å². The van der Waals surface area contributed by atoms with Crippen molar-refractivity contribution in [2.45, 2.75) is 44.2 Å². The predicted octanol–water partition coefficient (Wildman–Crippen LogP) is 6.36. The smallest absolute Gasteiger partial charge is 0.412 e. The minimum absolute atomic E-state index is 0.0349. The standard InChI is InChI=1S/C42H46N4O6/c47-38-15-13-34(35-14-16-40(49)44-41(35)38)39(48)26-43-20-17-29-6-4-10-32(24-29)52-23-5-7-28-11-12-33(30-8-2-1-3-9-30)36(25-28)46(42(50)51)37-27-45-21-18-31(37)19-22-45/h1-4,6,8-16,24-25,31,37,39,43,47-48H,5,7,17-23,26-27H2,(H,44,49)(H,50,51)/t37-,39+/m0/s1. The first kappa shape index (κ1) is 35.3. The molecule has 4 aromatic carbocycles. The molecule has 4 heterocycles. The number of rotatable bonds is 14. The first-order valence-corrected chi connectivity index (χ1v) is 18.2. The third-order valence-corrected chi connectivity index (χ3v) is 10.5. The molecule has 8 rings (SSSR count). The number of phenols is 1. The number of fused-ring (bicyclic) bond motifs is 4. The Morgan fingerprint density at radius 2 is 1.75 bits per heavy atom. The van der Waals surface area contributed by atoms with Crippen molar-refractivity contribution in [3.8, 4) is 22.6 Å². The number of nitrogens with zero attached hydrogens (tertiary/aromatic N) is 2. The van der Waals surface area contributed by atoms with Crippen molar-refractivity contribution in [3.05, 3.63) is 124 Å². The van der Waals surface area contributed by atoms with Gasteiger partial charge in [0.2, 0.25) is 5.56 Å². The summed E-state index contributed by atoms with van der Waals surface area (Å²) in [6, 6.07) is 30.4. The molecule has 0 unspecified atom stereocenters. The molecule has 1 aromatic heterocycles. The molecule has 3 aliphatic rings. The number of H-pyrrole nitrogens is 1. The van der Waals surface area contributed by atoms with Gasteiger partial charge in [-0.1, -0.05) is 60.7 Å². The molecule has 52 heavy (non-hydrogen) atoms. The number of anilines is 1. The van der Waals surface area contributed by atoms with Crippen molar-refractivity contribution in [3.63, 3.8) is 0 Å². The summed E-state index contributed by atoms with van der Waals surface area (Å²) in [4.78, 5) is 31.3. The number of carboxylic acid groups (broad SMARTS) is 1. The van der Waals surface area contributed by atoms with Crippen LogP contribution < -0.4 is 20.5 Å². The number of nitrogens with one attached hydrogen (secondary N) is 2. The number of hydrogen-bond acceptors (Lipinski definition) is 7. The Bertz CT molecular complexity index is 2060. The lowest BCUT2D eigenvalue weighted by Gasteiger charge is -2.48. The summed E-state index contributed by atoms with van der Waals surface area (Å²) in [7, 11) is 0. The summed E-state index contributed by atoms with van der Waals surface area (Å²) in [5, 5.41) is 35.5. The lowest BCUT2D eigenvalue weighted by molar-refractivity contribution is 0.0837. The normalized spacial score (nSPS) is 18.7. The number of piperidine rings is 3. The fraction of sp³-hybridized carbons (Fsp3) is 0.333. The van der Waals surface area contributed by atoms with Crippen molar-refractivity contribution in [1.29, 1.82) is 0 Å². The Morgan fingerprint density at radius 1 is 0.942 bits per heavy atom. The van der Waals surface area contributed by atoms with Gasteiger partial charge in [-0.25, -0.2) is 4.79 Å². The topological polar surface area (TPSA) is 138 Å². The second kappa shape index (κ2) is 16.0. The lowest BCUT2D eigenvalue weighted by atomic mass is 9.82. The van der Waals surface area contributed by atoms with Crippen LogP contribution in [-0.2, 0) is 12.8 Å². The van der Waals surface area contributed by atoms with Gasteiger partial charge in [-0.05, 0) is 110 Å². The van der Waals surface area contributed by atoms with Gasteiger partial charge in [0.05, 0.1) is 30.0 Å². The van der Waals surface area contributed by atoms with E-state index < -0.39 is 12.2 Å². The highest BCUT2D eigenvalue weighted by atomic mass is 16.5. The van der Waals surface area contributed by atoms with Crippen LogP contribution in [0.3, 0.4) is 0 Å². The minimum atomic E-state index is -0.896. The van der Waals surface area contributed by atoms with E-state index in [1.54, 1.807) is 17.0 Å². The number of ether oxygens (including phenoxy) is 1. The molecule has 0 aliphatic carbocycles. The van der Waals surface area contributed by atoms with Crippen LogP contribution in [0.25, 0.3) is 22.0 Å². The number of aliphatic hydroxyl groups excluding tert-OH is 1. The average molecular weight is 703 g/mol. The molecule has 3 saturated heterocycles. The molecule has 10 nitrogen and oxygen atoms in total. The van der Waals surface area contributed by atoms with Gasteiger partial charge in [0, 0.05) is 30.1 Å². The van der Waals surface area contributed by atoms with Crippen LogP contribution in [0.5, 0.6) is 11.5 Å². The van der Waals surface area contributed by atoms with Crippen molar-refractivity contribution < 1.29 is 24.9 Å². The van der Waals surface area contributed by atoms with Crippen LogP contribution in [0.4, 0.5) is 10.5 Å². The number of benzene rings is 4. The average Bonchev–Trinajstić information content (AvgIpc) is 3.16. The lowest BCUT2D eigenvalue weighted by Crippen LogP contribution is -2.59. The Labute approximate surface area is 303 Å². The zero-order valence-electron chi connectivity index (χ0n) is 29.2. The number of aromatic nitrogens is 1. The minimum Gasteiger partial charge on any atom is -0.506 e. The SMILES string of the molecule is O=C(O)N(c1cc(CCCOc2cccc(CCNC[C@@H](O)c3ccc(O)c4[nH]c(=O)ccc34)c2)ccc1-c1ccccc1)[C@H]1CN2CCC1CC2. The highest BCUT2D eigenvalue weighted by molar-refractivity contribution is 5.94. The second-order valence-electron chi connectivity index (χ2n) is 13.9. The summed E-state index contributed by atoms with van der Waals surface area (Å²) < 4.78 is 6.15. The Kier molecular flexibility index (Phi) is 10.9. The molecule has 0 saturated carbocycles. The largest absolute Gasteiger partial charge is 0.506 e. The van der Waals surface area contributed by atoms with Gasteiger partial charge in [-0.3, -0.25) is 9.69 Å². The summed E-state index contributed by atoms with van der Waals surface area (Å²) >= 11 is 0. The quantitative estimate of drug-likeness (QED) is 0.0844. The van der Waals surface area contributed by atoms with E-state index in [1.165, 1.54) is 12.1 Å². The molecule has 5 N–H and O–H groups in total. The number of aromatic hydroxyl groups is 1. The Hall–Kier alpha value is -5.16. The fourth-order valence-corrected chi connectivity index (χ4v) is 7.83. The van der Waals surface area contributed by atoms with Crippen LogP contribution in [0.15, 0.2) is 102 Å². The van der Waals surface area contributed by atoms with E-state index in [2.05, 4.69) is 33.4 Å². The molecule has 2 atom stereocenters. The summed E-state index contributed by atoms with van der Waals surface area (Å²) in [6.07, 6.45) is 2.64. The van der Waals surface area contributed by atoms with Gasteiger partial charge in [0.25, 0.3) is 0 Å². The Balaban J connectivity index is 0.941. The van der Waals surface area contributed by atoms with Crippen molar-refractivity contribution in [2.24, 2.45) is 5.92 Å². The number of aliphatic hydroxyl groups is 1. The predicted molar refractivity (Wildman–Crippen MR) is 203 cm³/mol. The number of aromatic amines is 1. The zero-order valence-corrected chi connectivity index (χ0v) is 29.2. The van der Waals surface area contributed by atoms with Gasteiger partial charge in [-0.15, -0.1) is 0 Å². The molecule has 1 amide bonds. The van der Waals surface area contributed by atoms with E-state index in [4.69, 9.17) is 4.74 Å². The maximum atomic E-state index is 12.9. The molecule has 5 aromatic rings. The van der Waals surface area contributed by atoms with E-state index in [0.29, 0.717) is 42.1 Å². The molecule has 0 spiro atoms. The van der Waals surface area contributed by atoms with Crippen molar-refractivity contribution in [1.82, 2.24) is 15.2 Å². The molecule has 10 heteroatoms. The van der Waals surface area contributed by atoms with Crippen LogP contribution in [0.1, 0.15) is 42.1 Å². The van der Waals surface area contributed by atoms with E-state index >= 15 is 0 Å². The van der Waals surface area contributed by atoms with Gasteiger partial charge in [0.1, 0.15) is 11.5 Å². The number of aryl methyl sites for hydroxylation is 1. The second-order valence-corrected chi connectivity index (χ2v) is 13.9. The van der Waals surface area contributed by atoms with Gasteiger partial charge >= 0.3 is 6.09 Å². The van der Waals surface area contributed by atoms with Crippen LogP contribution in [0.2, 0.25) is 0 Å². The van der Waals surface area contributed by atoms with E-state index in [9.17, 15) is 24.9 Å². The monoisotopic (exact) mass is 702 g/mol. The van der Waals surface area contributed by atoms with Gasteiger partial charge in [0.15, 0.2) is 0 Å². The summed E-state index contributed by atoms with van der Waals surface area (Å²) in [5.41, 5.74) is 5.53. The van der Waals surface area contributed by atoms with E-state index in [0.717, 1.165) is 85.4 Å². The number of hydrogen-bond donors (Lipinski definition) is 5. The number of pyridine rings is 1. The Morgan fingerprint density at radius 3 is 2.52 bits per heavy atom. The first-order chi connectivity index (χ1) is 25.3. The molecule has 2 bridgehead atoms. The van der Waals surface area contributed by atoms with Crippen LogP contribution in [-0.4, -0.2) is 76.7 Å². The fourth-order valence-electron chi connectivity index (χ4n) is 7.83. The van der Waals surface area contributed by atoms with Crippen molar-refractivity contribution in [2.75, 3.05) is 44.2 Å². The third kappa shape index (κ3) is 7.99. The molecule has 3 aliphatic heterocycles. The zero-order chi connectivity index (χ0) is 36.0. The maximum Gasteiger partial charge on any atom is 0.412 e. The summed E-state index contributed by atoms with van der Waals surface area (Å²) in [5.74, 6) is 1.13. The van der Waals surface area contributed by atoms with E-state index in [-0.39, 0.29) is 17.4 Å². The molecule has 0 radical (unpaired) electrons. The molecule has 3 fully saturated rings. The third-order valence-electron chi connectivity index (χ3n) is 10.5. The van der Waals surface area contributed by atoms with Gasteiger partial charge in [-0.2, -0.15) is 0 Å². The highest BCUT2D eigenvalue weighted by Gasteiger charge is 2.40. The molecular weight excluding hydrogens is 656 g/mol. The van der Waals surface area contributed by atoms with Crippen LogP contribution in [0, 0.1) is 5.92 Å². The summed E-state index contributed by atoms with van der Waals surface area (Å²) in [6.45, 7) is 4.36. The number of carbonyl (C=O) groups is 1. The molecule has 270 valence electrons.